The normalized spacial score (nSPS) is 11.0. The molecule has 0 saturated carbocycles. The molecular formula is C16H18N4O2. The van der Waals surface area contributed by atoms with Gasteiger partial charge >= 0.3 is 0 Å². The van der Waals surface area contributed by atoms with E-state index in [2.05, 4.69) is 26.9 Å². The van der Waals surface area contributed by atoms with Crippen LogP contribution in [-0.2, 0) is 6.54 Å². The monoisotopic (exact) mass is 298 g/mol. The minimum atomic E-state index is -0.291. The number of carbonyl (C=O) groups excluding carboxylic acids is 1. The highest BCUT2D eigenvalue weighted by Gasteiger charge is 2.12. The summed E-state index contributed by atoms with van der Waals surface area (Å²) in [6.45, 7) is 6.82. The van der Waals surface area contributed by atoms with Crippen LogP contribution < -0.4 is 5.32 Å². The van der Waals surface area contributed by atoms with Crippen LogP contribution in [0.2, 0.25) is 0 Å². The van der Waals surface area contributed by atoms with Crippen LogP contribution in [-0.4, -0.2) is 20.6 Å². The average Bonchev–Trinajstić information content (AvgIpc) is 3.04. The molecule has 6 nitrogen and oxygen atoms in total. The standard InChI is InChI=1S/C16H18N4O2/c1-4-7-20-11(3)17-13-9-12(5-6-15(13)20)18-16(21)14-8-10(2)22-19-14/h5-6,8-9H,4,7H2,1-3H3,(H,18,21). The van der Waals surface area contributed by atoms with E-state index < -0.39 is 0 Å². The van der Waals surface area contributed by atoms with Crippen LogP contribution in [0.3, 0.4) is 0 Å². The third kappa shape index (κ3) is 2.59. The molecule has 2 aromatic heterocycles. The molecule has 0 radical (unpaired) electrons. The van der Waals surface area contributed by atoms with E-state index in [-0.39, 0.29) is 11.6 Å². The average molecular weight is 298 g/mol. The summed E-state index contributed by atoms with van der Waals surface area (Å²) < 4.78 is 7.10. The first-order valence-corrected chi connectivity index (χ1v) is 7.30. The first-order chi connectivity index (χ1) is 10.6. The van der Waals surface area contributed by atoms with E-state index in [1.807, 2.05) is 25.1 Å². The Labute approximate surface area is 128 Å². The maximum Gasteiger partial charge on any atom is 0.277 e. The van der Waals surface area contributed by atoms with Crippen LogP contribution in [0.5, 0.6) is 0 Å². The molecule has 3 aromatic rings. The Balaban J connectivity index is 1.87. The Morgan fingerprint density at radius 1 is 1.32 bits per heavy atom. The fourth-order valence-electron chi connectivity index (χ4n) is 2.50. The van der Waals surface area contributed by atoms with Crippen molar-refractivity contribution in [1.29, 1.82) is 0 Å². The summed E-state index contributed by atoms with van der Waals surface area (Å²) >= 11 is 0. The van der Waals surface area contributed by atoms with Gasteiger partial charge in [0.2, 0.25) is 0 Å². The van der Waals surface area contributed by atoms with E-state index in [0.717, 1.165) is 29.8 Å². The number of hydrogen-bond donors (Lipinski definition) is 1. The predicted molar refractivity (Wildman–Crippen MR) is 84.0 cm³/mol. The van der Waals surface area contributed by atoms with Gasteiger partial charge in [0.05, 0.1) is 11.0 Å². The van der Waals surface area contributed by atoms with Gasteiger partial charge in [0.25, 0.3) is 5.91 Å². The number of hydrogen-bond acceptors (Lipinski definition) is 4. The number of rotatable bonds is 4. The molecule has 0 fully saturated rings. The fourth-order valence-corrected chi connectivity index (χ4v) is 2.50. The Kier molecular flexibility index (Phi) is 3.66. The van der Waals surface area contributed by atoms with Crippen molar-refractivity contribution < 1.29 is 9.32 Å². The lowest BCUT2D eigenvalue weighted by atomic mass is 10.2. The largest absolute Gasteiger partial charge is 0.361 e. The fraction of sp³-hybridized carbons (Fsp3) is 0.312. The van der Waals surface area contributed by atoms with Gasteiger partial charge in [-0.25, -0.2) is 4.98 Å². The number of nitrogens with one attached hydrogen (secondary N) is 1. The Bertz CT molecular complexity index is 832. The zero-order chi connectivity index (χ0) is 15.7. The maximum atomic E-state index is 12.1. The lowest BCUT2D eigenvalue weighted by Crippen LogP contribution is -2.12. The molecule has 3 rings (SSSR count). The SMILES string of the molecule is CCCn1c(C)nc2cc(NC(=O)c3cc(C)on3)ccc21. The highest BCUT2D eigenvalue weighted by molar-refractivity contribution is 6.03. The van der Waals surface area contributed by atoms with E-state index in [0.29, 0.717) is 11.4 Å². The lowest BCUT2D eigenvalue weighted by molar-refractivity contribution is 0.101. The zero-order valence-corrected chi connectivity index (χ0v) is 12.9. The van der Waals surface area contributed by atoms with Crippen molar-refractivity contribution in [3.63, 3.8) is 0 Å². The van der Waals surface area contributed by atoms with E-state index in [4.69, 9.17) is 4.52 Å². The molecule has 1 amide bonds. The summed E-state index contributed by atoms with van der Waals surface area (Å²) in [6, 6.07) is 7.34. The molecule has 1 N–H and O–H groups in total. The third-order valence-corrected chi connectivity index (χ3v) is 3.50. The number of anilines is 1. The minimum absolute atomic E-state index is 0.269. The van der Waals surface area contributed by atoms with Crippen LogP contribution in [0.1, 0.15) is 35.4 Å². The van der Waals surface area contributed by atoms with Crippen LogP contribution in [0.4, 0.5) is 5.69 Å². The number of imidazole rings is 1. The molecule has 0 bridgehead atoms. The molecule has 22 heavy (non-hydrogen) atoms. The molecule has 0 aliphatic heterocycles. The number of fused-ring (bicyclic) bond motifs is 1. The van der Waals surface area contributed by atoms with Crippen LogP contribution in [0, 0.1) is 13.8 Å². The van der Waals surface area contributed by atoms with E-state index in [1.165, 1.54) is 0 Å². The van der Waals surface area contributed by atoms with Crippen molar-refractivity contribution in [1.82, 2.24) is 14.7 Å². The topological polar surface area (TPSA) is 73.0 Å². The quantitative estimate of drug-likeness (QED) is 0.802. The van der Waals surface area contributed by atoms with Crippen molar-refractivity contribution in [2.24, 2.45) is 0 Å². The van der Waals surface area contributed by atoms with Gasteiger partial charge < -0.3 is 14.4 Å². The van der Waals surface area contributed by atoms with Gasteiger partial charge in [0.1, 0.15) is 11.6 Å². The molecule has 2 heterocycles. The number of benzene rings is 1. The second-order valence-corrected chi connectivity index (χ2v) is 5.29. The van der Waals surface area contributed by atoms with Crippen LogP contribution in [0.25, 0.3) is 11.0 Å². The summed E-state index contributed by atoms with van der Waals surface area (Å²) in [5.41, 5.74) is 2.92. The smallest absolute Gasteiger partial charge is 0.277 e. The van der Waals surface area contributed by atoms with Crippen LogP contribution >= 0.6 is 0 Å². The Hall–Kier alpha value is -2.63. The second-order valence-electron chi connectivity index (χ2n) is 5.29. The van der Waals surface area contributed by atoms with E-state index >= 15 is 0 Å². The summed E-state index contributed by atoms with van der Waals surface area (Å²) in [5, 5.41) is 6.52. The number of aryl methyl sites for hydroxylation is 3. The molecule has 0 spiro atoms. The molecule has 114 valence electrons. The Morgan fingerprint density at radius 3 is 2.82 bits per heavy atom. The minimum Gasteiger partial charge on any atom is -0.361 e. The van der Waals surface area contributed by atoms with Gasteiger partial charge in [-0.1, -0.05) is 12.1 Å². The maximum absolute atomic E-state index is 12.1. The molecular weight excluding hydrogens is 280 g/mol. The summed E-state index contributed by atoms with van der Waals surface area (Å²) in [6.07, 6.45) is 1.05. The molecule has 0 aliphatic carbocycles. The first-order valence-electron chi connectivity index (χ1n) is 7.30. The van der Waals surface area contributed by atoms with Crippen molar-refractivity contribution in [2.45, 2.75) is 33.7 Å². The summed E-state index contributed by atoms with van der Waals surface area (Å²) in [5.74, 6) is 1.29. The van der Waals surface area contributed by atoms with Crippen molar-refractivity contribution in [3.8, 4) is 0 Å². The van der Waals surface area contributed by atoms with Crippen molar-refractivity contribution in [2.75, 3.05) is 5.32 Å². The summed E-state index contributed by atoms with van der Waals surface area (Å²) in [4.78, 5) is 16.6. The van der Waals surface area contributed by atoms with Crippen molar-refractivity contribution in [3.05, 3.63) is 41.5 Å². The van der Waals surface area contributed by atoms with Gasteiger partial charge in [-0.2, -0.15) is 0 Å². The van der Waals surface area contributed by atoms with E-state index in [1.54, 1.807) is 13.0 Å². The first kappa shape index (κ1) is 14.3. The van der Waals surface area contributed by atoms with Gasteiger partial charge in [0, 0.05) is 18.3 Å². The van der Waals surface area contributed by atoms with E-state index in [9.17, 15) is 4.79 Å². The van der Waals surface area contributed by atoms with Gasteiger partial charge in [0.15, 0.2) is 5.69 Å². The predicted octanol–water partition coefficient (Wildman–Crippen LogP) is 3.30. The van der Waals surface area contributed by atoms with Crippen LogP contribution in [0.15, 0.2) is 28.8 Å². The third-order valence-electron chi connectivity index (χ3n) is 3.50. The number of aromatic nitrogens is 3. The van der Waals surface area contributed by atoms with Gasteiger partial charge in [-0.15, -0.1) is 0 Å². The van der Waals surface area contributed by atoms with Crippen molar-refractivity contribution >= 4 is 22.6 Å². The molecule has 0 atom stereocenters. The highest BCUT2D eigenvalue weighted by atomic mass is 16.5. The molecule has 1 aromatic carbocycles. The number of amides is 1. The Morgan fingerprint density at radius 2 is 2.14 bits per heavy atom. The van der Waals surface area contributed by atoms with Gasteiger partial charge in [-0.05, 0) is 38.5 Å². The molecule has 0 aliphatic rings. The number of nitrogens with zero attached hydrogens (tertiary/aromatic N) is 3. The zero-order valence-electron chi connectivity index (χ0n) is 12.9. The highest BCUT2D eigenvalue weighted by Crippen LogP contribution is 2.21. The number of carbonyl (C=O) groups is 1. The molecule has 0 unspecified atom stereocenters. The van der Waals surface area contributed by atoms with Gasteiger partial charge in [-0.3, -0.25) is 4.79 Å². The second kappa shape index (κ2) is 5.63. The summed E-state index contributed by atoms with van der Waals surface area (Å²) in [7, 11) is 0. The molecule has 6 heteroatoms. The molecule has 0 saturated heterocycles. The lowest BCUT2D eigenvalue weighted by Gasteiger charge is -2.05.